The molecule has 1 saturated heterocycles. The Morgan fingerprint density at radius 3 is 2.55 bits per heavy atom. The van der Waals surface area contributed by atoms with E-state index in [4.69, 9.17) is 4.74 Å². The van der Waals surface area contributed by atoms with Crippen LogP contribution in [0.25, 0.3) is 0 Å². The van der Waals surface area contributed by atoms with Crippen LogP contribution in [0.15, 0.2) is 47.4 Å². The first kappa shape index (κ1) is 24.5. The molecular formula is C22H25F3N4O4. The predicted octanol–water partition coefficient (Wildman–Crippen LogP) is 1.84. The average molecular weight is 466 g/mol. The van der Waals surface area contributed by atoms with Gasteiger partial charge in [0.2, 0.25) is 11.8 Å². The number of amides is 2. The largest absolute Gasteiger partial charge is 0.417 e. The van der Waals surface area contributed by atoms with Crippen molar-refractivity contribution >= 4 is 17.5 Å². The fourth-order valence-corrected chi connectivity index (χ4v) is 3.30. The van der Waals surface area contributed by atoms with Crippen LogP contribution in [0.3, 0.4) is 0 Å². The maximum absolute atomic E-state index is 12.8. The average Bonchev–Trinajstić information content (AvgIpc) is 2.78. The number of ether oxygens (including phenoxy) is 1. The quantitative estimate of drug-likeness (QED) is 0.620. The van der Waals surface area contributed by atoms with Crippen LogP contribution in [-0.4, -0.2) is 54.1 Å². The number of morpholine rings is 1. The van der Waals surface area contributed by atoms with Crippen molar-refractivity contribution in [1.82, 2.24) is 14.8 Å². The molecule has 1 aliphatic heterocycles. The Hall–Kier alpha value is -3.18. The van der Waals surface area contributed by atoms with Gasteiger partial charge < -0.3 is 19.9 Å². The van der Waals surface area contributed by atoms with Crippen LogP contribution in [0.4, 0.5) is 18.9 Å². The van der Waals surface area contributed by atoms with E-state index >= 15 is 0 Å². The zero-order chi connectivity index (χ0) is 23.8. The van der Waals surface area contributed by atoms with Gasteiger partial charge in [-0.1, -0.05) is 12.1 Å². The van der Waals surface area contributed by atoms with Gasteiger partial charge in [-0.25, -0.2) is 0 Å². The maximum Gasteiger partial charge on any atom is 0.417 e. The van der Waals surface area contributed by atoms with Gasteiger partial charge in [-0.15, -0.1) is 0 Å². The van der Waals surface area contributed by atoms with Gasteiger partial charge in [-0.05, 0) is 23.8 Å². The highest BCUT2D eigenvalue weighted by Gasteiger charge is 2.31. The molecule has 0 spiro atoms. The summed E-state index contributed by atoms with van der Waals surface area (Å²) >= 11 is 0. The SMILES string of the molecule is O=C(Cn1cc(C(F)(F)F)ccc1=O)NCc1cccc(NC(=O)CCN2CCOCC2)c1. The van der Waals surface area contributed by atoms with Crippen LogP contribution in [0.5, 0.6) is 0 Å². The summed E-state index contributed by atoms with van der Waals surface area (Å²) in [4.78, 5) is 38.3. The number of pyridine rings is 1. The number of alkyl halides is 3. The van der Waals surface area contributed by atoms with Gasteiger partial charge in [0.1, 0.15) is 6.54 Å². The van der Waals surface area contributed by atoms with Crippen LogP contribution in [0.1, 0.15) is 17.5 Å². The molecule has 1 aliphatic rings. The van der Waals surface area contributed by atoms with Gasteiger partial charge in [0.15, 0.2) is 0 Å². The minimum absolute atomic E-state index is 0.0873. The van der Waals surface area contributed by atoms with E-state index in [-0.39, 0.29) is 12.5 Å². The molecule has 11 heteroatoms. The lowest BCUT2D eigenvalue weighted by atomic mass is 10.2. The second kappa shape index (κ2) is 11.1. The number of halogens is 3. The Bertz CT molecular complexity index is 1030. The molecule has 2 amide bonds. The van der Waals surface area contributed by atoms with Crippen LogP contribution in [0, 0.1) is 0 Å². The molecule has 178 valence electrons. The Morgan fingerprint density at radius 2 is 1.82 bits per heavy atom. The summed E-state index contributed by atoms with van der Waals surface area (Å²) in [7, 11) is 0. The minimum atomic E-state index is -4.61. The first-order valence-electron chi connectivity index (χ1n) is 10.4. The molecule has 1 aromatic carbocycles. The molecule has 0 bridgehead atoms. The van der Waals surface area contributed by atoms with Crippen LogP contribution < -0.4 is 16.2 Å². The summed E-state index contributed by atoms with van der Waals surface area (Å²) in [5.41, 5.74) is -0.458. The topological polar surface area (TPSA) is 92.7 Å². The highest BCUT2D eigenvalue weighted by molar-refractivity contribution is 5.90. The van der Waals surface area contributed by atoms with Gasteiger partial charge in [0.25, 0.3) is 5.56 Å². The van der Waals surface area contributed by atoms with Crippen molar-refractivity contribution in [2.45, 2.75) is 25.7 Å². The number of anilines is 1. The number of hydrogen-bond acceptors (Lipinski definition) is 5. The minimum Gasteiger partial charge on any atom is -0.379 e. The number of nitrogens with zero attached hydrogens (tertiary/aromatic N) is 2. The fourth-order valence-electron chi connectivity index (χ4n) is 3.30. The molecule has 1 fully saturated rings. The Labute approximate surface area is 188 Å². The third-order valence-electron chi connectivity index (χ3n) is 5.08. The van der Waals surface area contributed by atoms with Crippen molar-refractivity contribution in [3.05, 3.63) is 64.1 Å². The molecular weight excluding hydrogens is 441 g/mol. The van der Waals surface area contributed by atoms with E-state index in [1.165, 1.54) is 0 Å². The van der Waals surface area contributed by atoms with Crippen molar-refractivity contribution in [2.24, 2.45) is 0 Å². The second-order valence-corrected chi connectivity index (χ2v) is 7.61. The van der Waals surface area contributed by atoms with Gasteiger partial charge in [0, 0.05) is 50.6 Å². The monoisotopic (exact) mass is 466 g/mol. The first-order chi connectivity index (χ1) is 15.7. The van der Waals surface area contributed by atoms with E-state index in [0.29, 0.717) is 54.3 Å². The Kier molecular flexibility index (Phi) is 8.23. The summed E-state index contributed by atoms with van der Waals surface area (Å²) in [6.07, 6.45) is -3.65. The normalized spacial score (nSPS) is 14.6. The van der Waals surface area contributed by atoms with Crippen LogP contribution >= 0.6 is 0 Å². The molecule has 0 unspecified atom stereocenters. The van der Waals surface area contributed by atoms with E-state index in [1.807, 2.05) is 0 Å². The van der Waals surface area contributed by atoms with Gasteiger partial charge in [0.05, 0.1) is 18.8 Å². The summed E-state index contributed by atoms with van der Waals surface area (Å²) in [6.45, 7) is 3.12. The highest BCUT2D eigenvalue weighted by atomic mass is 19.4. The van der Waals surface area contributed by atoms with Crippen molar-refractivity contribution in [1.29, 1.82) is 0 Å². The smallest absolute Gasteiger partial charge is 0.379 e. The Balaban J connectivity index is 1.49. The molecule has 1 aromatic heterocycles. The zero-order valence-corrected chi connectivity index (χ0v) is 17.9. The van der Waals surface area contributed by atoms with E-state index in [0.717, 1.165) is 19.2 Å². The molecule has 0 atom stereocenters. The first-order valence-corrected chi connectivity index (χ1v) is 10.4. The number of nitrogens with one attached hydrogen (secondary N) is 2. The number of carbonyl (C=O) groups excluding carboxylic acids is 2. The predicted molar refractivity (Wildman–Crippen MR) is 114 cm³/mol. The lowest BCUT2D eigenvalue weighted by Crippen LogP contribution is -2.38. The summed E-state index contributed by atoms with van der Waals surface area (Å²) in [6, 6.07) is 8.33. The fraction of sp³-hybridized carbons (Fsp3) is 0.409. The molecule has 2 heterocycles. The van der Waals surface area contributed by atoms with Crippen LogP contribution in [0.2, 0.25) is 0 Å². The summed E-state index contributed by atoms with van der Waals surface area (Å²) in [5, 5.41) is 5.39. The zero-order valence-electron chi connectivity index (χ0n) is 17.9. The van der Waals surface area contributed by atoms with E-state index in [2.05, 4.69) is 15.5 Å². The van der Waals surface area contributed by atoms with E-state index in [1.54, 1.807) is 24.3 Å². The van der Waals surface area contributed by atoms with Crippen LogP contribution in [-0.2, 0) is 33.6 Å². The summed E-state index contributed by atoms with van der Waals surface area (Å²) in [5.74, 6) is -0.747. The Morgan fingerprint density at radius 1 is 1.06 bits per heavy atom. The van der Waals surface area contributed by atoms with Crippen molar-refractivity contribution in [3.8, 4) is 0 Å². The van der Waals surface area contributed by atoms with Gasteiger partial charge in [-0.2, -0.15) is 13.2 Å². The number of hydrogen-bond donors (Lipinski definition) is 2. The molecule has 0 saturated carbocycles. The third-order valence-corrected chi connectivity index (χ3v) is 5.08. The number of aromatic nitrogens is 1. The number of benzene rings is 1. The summed E-state index contributed by atoms with van der Waals surface area (Å²) < 4.78 is 44.5. The molecule has 2 N–H and O–H groups in total. The molecule has 33 heavy (non-hydrogen) atoms. The second-order valence-electron chi connectivity index (χ2n) is 7.61. The molecule has 0 radical (unpaired) electrons. The molecule has 0 aliphatic carbocycles. The van der Waals surface area contributed by atoms with Crippen molar-refractivity contribution < 1.29 is 27.5 Å². The standard InChI is InChI=1S/C22H25F3N4O4/c23-22(24,25)17-4-5-21(32)29(14-17)15-20(31)26-13-16-2-1-3-18(12-16)27-19(30)6-7-28-8-10-33-11-9-28/h1-5,12,14H,6-11,13,15H2,(H,26,31)(H,27,30). The number of rotatable bonds is 8. The highest BCUT2D eigenvalue weighted by Crippen LogP contribution is 2.27. The van der Waals surface area contributed by atoms with Gasteiger partial charge in [-0.3, -0.25) is 19.3 Å². The third kappa shape index (κ3) is 7.72. The molecule has 8 nitrogen and oxygen atoms in total. The molecule has 2 aromatic rings. The van der Waals surface area contributed by atoms with E-state index in [9.17, 15) is 27.6 Å². The maximum atomic E-state index is 12.8. The lowest BCUT2D eigenvalue weighted by Gasteiger charge is -2.26. The molecule has 3 rings (SSSR count). The lowest BCUT2D eigenvalue weighted by molar-refractivity contribution is -0.138. The van der Waals surface area contributed by atoms with Crippen molar-refractivity contribution in [2.75, 3.05) is 38.2 Å². The van der Waals surface area contributed by atoms with Crippen molar-refractivity contribution in [3.63, 3.8) is 0 Å². The van der Waals surface area contributed by atoms with E-state index < -0.39 is 29.8 Å². The van der Waals surface area contributed by atoms with Gasteiger partial charge >= 0.3 is 6.18 Å². The number of carbonyl (C=O) groups is 2.